The van der Waals surface area contributed by atoms with Gasteiger partial charge in [-0.25, -0.2) is 4.79 Å². The predicted octanol–water partition coefficient (Wildman–Crippen LogP) is 4.37. The van der Waals surface area contributed by atoms with E-state index in [1.54, 1.807) is 26.2 Å². The molecule has 3 aromatic rings. The second-order valence-corrected chi connectivity index (χ2v) is 8.29. The number of amides is 1. The number of para-hydroxylation sites is 1. The fourth-order valence-corrected chi connectivity index (χ4v) is 4.85. The topological polar surface area (TPSA) is 76.3 Å². The molecule has 2 heterocycles. The minimum atomic E-state index is -0.255. The molecule has 34 heavy (non-hydrogen) atoms. The lowest BCUT2D eigenvalue weighted by Gasteiger charge is -2.39. The van der Waals surface area contributed by atoms with Crippen LogP contribution in [-0.2, 0) is 4.74 Å². The van der Waals surface area contributed by atoms with Gasteiger partial charge >= 0.3 is 6.09 Å². The third-order valence-electron chi connectivity index (χ3n) is 6.43. The Balaban J connectivity index is 1.81. The Hall–Kier alpha value is -3.39. The summed E-state index contributed by atoms with van der Waals surface area (Å²) in [6, 6.07) is 12.3. The second kappa shape index (κ2) is 10.3. The molecule has 1 aliphatic rings. The van der Waals surface area contributed by atoms with E-state index in [2.05, 4.69) is 35.0 Å². The third-order valence-corrected chi connectivity index (χ3v) is 6.43. The molecule has 1 aromatic heterocycles. The van der Waals surface area contributed by atoms with E-state index in [0.29, 0.717) is 50.0 Å². The molecule has 4 rings (SSSR count). The zero-order chi connectivity index (χ0) is 24.2. The predicted molar refractivity (Wildman–Crippen MR) is 131 cm³/mol. The molecular formula is C26H33N3O5. The summed E-state index contributed by atoms with van der Waals surface area (Å²) in [6.07, 6.45) is -0.255. The number of rotatable bonds is 7. The lowest BCUT2D eigenvalue weighted by molar-refractivity contribution is 0.0715. The number of hydrogen-bond acceptors (Lipinski definition) is 6. The molecule has 2 aromatic carbocycles. The van der Waals surface area contributed by atoms with Gasteiger partial charge in [0.15, 0.2) is 11.5 Å². The second-order valence-electron chi connectivity index (χ2n) is 8.29. The van der Waals surface area contributed by atoms with Crippen molar-refractivity contribution >= 4 is 17.0 Å². The minimum absolute atomic E-state index is 0.0748. The number of H-pyrrole nitrogens is 1. The smallest absolute Gasteiger partial charge is 0.409 e. The molecule has 1 N–H and O–H groups in total. The number of carbonyl (C=O) groups excluding carboxylic acids is 1. The lowest BCUT2D eigenvalue weighted by atomic mass is 9.93. The largest absolute Gasteiger partial charge is 0.493 e. The molecular weight excluding hydrogens is 434 g/mol. The van der Waals surface area contributed by atoms with Gasteiger partial charge in [-0.15, -0.1) is 0 Å². The number of aromatic amines is 1. The molecule has 0 bridgehead atoms. The summed E-state index contributed by atoms with van der Waals surface area (Å²) in [5, 5.41) is 1.17. The molecule has 1 unspecified atom stereocenters. The van der Waals surface area contributed by atoms with E-state index in [1.165, 1.54) is 10.9 Å². The molecule has 1 fully saturated rings. The van der Waals surface area contributed by atoms with Crippen molar-refractivity contribution in [3.8, 4) is 17.2 Å². The fraction of sp³-hybridized carbons (Fsp3) is 0.423. The molecule has 1 atom stereocenters. The number of hydrogen-bond donors (Lipinski definition) is 1. The number of piperazine rings is 1. The van der Waals surface area contributed by atoms with Crippen LogP contribution in [0.15, 0.2) is 36.4 Å². The number of aromatic nitrogens is 1. The number of fused-ring (bicyclic) bond motifs is 1. The molecule has 182 valence electrons. The van der Waals surface area contributed by atoms with Gasteiger partial charge in [0.25, 0.3) is 0 Å². The first-order valence-corrected chi connectivity index (χ1v) is 11.5. The Morgan fingerprint density at radius 1 is 1.00 bits per heavy atom. The van der Waals surface area contributed by atoms with Crippen molar-refractivity contribution in [2.24, 2.45) is 0 Å². The van der Waals surface area contributed by atoms with Crippen LogP contribution in [0.1, 0.15) is 29.8 Å². The molecule has 0 saturated carbocycles. The average molecular weight is 468 g/mol. The van der Waals surface area contributed by atoms with Crippen LogP contribution in [0.2, 0.25) is 0 Å². The number of ether oxygens (including phenoxy) is 4. The van der Waals surface area contributed by atoms with Crippen LogP contribution in [0.3, 0.4) is 0 Å². The Labute approximate surface area is 200 Å². The minimum Gasteiger partial charge on any atom is -0.493 e. The van der Waals surface area contributed by atoms with Crippen LogP contribution >= 0.6 is 0 Å². The molecule has 0 spiro atoms. The maximum absolute atomic E-state index is 12.3. The van der Waals surface area contributed by atoms with Crippen LogP contribution in [0.4, 0.5) is 4.79 Å². The zero-order valence-corrected chi connectivity index (χ0v) is 20.5. The molecule has 8 nitrogen and oxygen atoms in total. The van der Waals surface area contributed by atoms with E-state index < -0.39 is 0 Å². The lowest BCUT2D eigenvalue weighted by Crippen LogP contribution is -2.50. The van der Waals surface area contributed by atoms with Crippen LogP contribution in [0.25, 0.3) is 10.9 Å². The average Bonchev–Trinajstić information content (AvgIpc) is 3.19. The van der Waals surface area contributed by atoms with Crippen LogP contribution in [0, 0.1) is 6.92 Å². The summed E-state index contributed by atoms with van der Waals surface area (Å²) in [4.78, 5) is 20.0. The fourth-order valence-electron chi connectivity index (χ4n) is 4.85. The van der Waals surface area contributed by atoms with Gasteiger partial charge in [-0.1, -0.05) is 18.2 Å². The van der Waals surface area contributed by atoms with Gasteiger partial charge in [0, 0.05) is 48.3 Å². The maximum atomic E-state index is 12.3. The summed E-state index contributed by atoms with van der Waals surface area (Å²) in [5.74, 6) is 1.80. The highest BCUT2D eigenvalue weighted by Crippen LogP contribution is 2.44. The first kappa shape index (κ1) is 23.8. The summed E-state index contributed by atoms with van der Waals surface area (Å²) < 4.78 is 22.1. The van der Waals surface area contributed by atoms with E-state index in [4.69, 9.17) is 18.9 Å². The molecule has 0 aliphatic carbocycles. The number of nitrogens with zero attached hydrogens (tertiary/aromatic N) is 2. The van der Waals surface area contributed by atoms with E-state index >= 15 is 0 Å². The Morgan fingerprint density at radius 2 is 1.65 bits per heavy atom. The van der Waals surface area contributed by atoms with Gasteiger partial charge in [-0.2, -0.15) is 0 Å². The number of benzene rings is 2. The molecule has 1 aliphatic heterocycles. The van der Waals surface area contributed by atoms with Gasteiger partial charge in [-0.05, 0) is 37.6 Å². The van der Waals surface area contributed by atoms with Crippen molar-refractivity contribution < 1.29 is 23.7 Å². The van der Waals surface area contributed by atoms with E-state index in [0.717, 1.165) is 16.8 Å². The summed E-state index contributed by atoms with van der Waals surface area (Å²) in [5.41, 5.74) is 4.44. The van der Waals surface area contributed by atoms with E-state index in [9.17, 15) is 4.79 Å². The van der Waals surface area contributed by atoms with Crippen molar-refractivity contribution in [1.82, 2.24) is 14.8 Å². The summed E-state index contributed by atoms with van der Waals surface area (Å²) in [6.45, 7) is 6.92. The van der Waals surface area contributed by atoms with E-state index in [1.807, 2.05) is 25.1 Å². The zero-order valence-electron chi connectivity index (χ0n) is 20.5. The van der Waals surface area contributed by atoms with Crippen molar-refractivity contribution in [3.63, 3.8) is 0 Å². The number of carbonyl (C=O) groups is 1. The van der Waals surface area contributed by atoms with E-state index in [-0.39, 0.29) is 12.1 Å². The highest BCUT2D eigenvalue weighted by atomic mass is 16.6. The SMILES string of the molecule is CCOC(=O)N1CCN(C(c2cc(OC)c(OC)c(OC)c2)c2c(C)[nH]c3ccccc23)CC1. The third kappa shape index (κ3) is 4.37. The standard InChI is InChI=1S/C26H33N3O5/c1-6-34-26(30)29-13-11-28(12-14-29)24(23-17(2)27-20-10-8-7-9-19(20)23)18-15-21(31-3)25(33-5)22(16-18)32-4/h7-10,15-16,24,27H,6,11-14H2,1-5H3. The van der Waals surface area contributed by atoms with Crippen molar-refractivity contribution in [2.45, 2.75) is 19.9 Å². The van der Waals surface area contributed by atoms with Crippen molar-refractivity contribution in [1.29, 1.82) is 0 Å². The molecule has 1 amide bonds. The van der Waals surface area contributed by atoms with Crippen molar-refractivity contribution in [3.05, 3.63) is 53.2 Å². The van der Waals surface area contributed by atoms with Crippen molar-refractivity contribution in [2.75, 3.05) is 54.1 Å². The van der Waals surface area contributed by atoms with Crippen LogP contribution < -0.4 is 14.2 Å². The highest BCUT2D eigenvalue weighted by Gasteiger charge is 2.32. The Morgan fingerprint density at radius 3 is 2.24 bits per heavy atom. The number of nitrogens with one attached hydrogen (secondary N) is 1. The number of aryl methyl sites for hydroxylation is 1. The van der Waals surface area contributed by atoms with Crippen LogP contribution in [0.5, 0.6) is 17.2 Å². The normalized spacial score (nSPS) is 15.3. The van der Waals surface area contributed by atoms with Gasteiger partial charge in [0.1, 0.15) is 0 Å². The molecule has 1 saturated heterocycles. The first-order chi connectivity index (χ1) is 16.5. The monoisotopic (exact) mass is 467 g/mol. The van der Waals surface area contributed by atoms with Crippen LogP contribution in [-0.4, -0.2) is 75.0 Å². The first-order valence-electron chi connectivity index (χ1n) is 11.5. The molecule has 8 heteroatoms. The number of methoxy groups -OCH3 is 3. The van der Waals surface area contributed by atoms with Gasteiger partial charge in [0.05, 0.1) is 34.0 Å². The Kier molecular flexibility index (Phi) is 7.17. The highest BCUT2D eigenvalue weighted by molar-refractivity contribution is 5.85. The quantitative estimate of drug-likeness (QED) is 0.556. The van der Waals surface area contributed by atoms with Gasteiger partial charge < -0.3 is 28.8 Å². The maximum Gasteiger partial charge on any atom is 0.409 e. The molecule has 0 radical (unpaired) electrons. The van der Waals surface area contributed by atoms with Gasteiger partial charge in [-0.3, -0.25) is 4.90 Å². The summed E-state index contributed by atoms with van der Waals surface area (Å²) >= 11 is 0. The Bertz CT molecular complexity index is 1130. The van der Waals surface area contributed by atoms with Gasteiger partial charge in [0.2, 0.25) is 5.75 Å². The summed E-state index contributed by atoms with van der Waals surface area (Å²) in [7, 11) is 4.87.